The molecule has 1 aromatic rings. The zero-order chi connectivity index (χ0) is 14.1. The minimum absolute atomic E-state index is 0.190. The third-order valence-electron chi connectivity index (χ3n) is 2.19. The lowest BCUT2D eigenvalue weighted by Crippen LogP contribution is -2.32. The Labute approximate surface area is 112 Å². The van der Waals surface area contributed by atoms with E-state index in [0.29, 0.717) is 0 Å². The summed E-state index contributed by atoms with van der Waals surface area (Å²) >= 11 is 0. The molecule has 0 fully saturated rings. The highest BCUT2D eigenvalue weighted by molar-refractivity contribution is 6.01. The molecule has 1 aromatic carbocycles. The van der Waals surface area contributed by atoms with Gasteiger partial charge in [-0.05, 0) is 19.4 Å². The van der Waals surface area contributed by atoms with Gasteiger partial charge in [0.1, 0.15) is 0 Å². The van der Waals surface area contributed by atoms with Crippen molar-refractivity contribution in [3.63, 3.8) is 0 Å². The number of ether oxygens (including phenoxy) is 2. The molecule has 0 aromatic heterocycles. The molecule has 0 amide bonds. The van der Waals surface area contributed by atoms with Gasteiger partial charge in [0.05, 0.1) is 13.2 Å². The maximum atomic E-state index is 11.6. The summed E-state index contributed by atoms with van der Waals surface area (Å²) in [6.07, 6.45) is 1.46. The third-order valence-corrected chi connectivity index (χ3v) is 2.19. The van der Waals surface area contributed by atoms with Crippen molar-refractivity contribution in [2.45, 2.75) is 19.9 Å². The molecule has 5 heteroatoms. The fourth-order valence-electron chi connectivity index (χ4n) is 1.36. The largest absolute Gasteiger partial charge is 0.464 e. The number of hydrogen-bond donors (Lipinski definition) is 0. The highest BCUT2D eigenvalue weighted by Gasteiger charge is 2.28. The van der Waals surface area contributed by atoms with Crippen molar-refractivity contribution >= 4 is 18.2 Å². The Kier molecular flexibility index (Phi) is 6.29. The van der Waals surface area contributed by atoms with E-state index in [4.69, 9.17) is 9.47 Å². The highest BCUT2D eigenvalue weighted by atomic mass is 16.6. The van der Waals surface area contributed by atoms with Gasteiger partial charge in [0.15, 0.2) is 0 Å². The monoisotopic (exact) mass is 263 g/mol. The lowest BCUT2D eigenvalue weighted by Gasteiger charge is -2.10. The van der Waals surface area contributed by atoms with Gasteiger partial charge in [-0.25, -0.2) is 9.59 Å². The Bertz CT molecular complexity index is 424. The summed E-state index contributed by atoms with van der Waals surface area (Å²) in [5, 5.41) is 0. The van der Waals surface area contributed by atoms with Crippen LogP contribution >= 0.6 is 0 Å². The Hall–Kier alpha value is -2.17. The number of rotatable bonds is 6. The quantitative estimate of drug-likeness (QED) is 0.444. The number of aliphatic imine (C=N–C) groups is 1. The predicted molar refractivity (Wildman–Crippen MR) is 71.1 cm³/mol. The van der Waals surface area contributed by atoms with Crippen LogP contribution in [0.3, 0.4) is 0 Å². The van der Waals surface area contributed by atoms with Gasteiger partial charge < -0.3 is 9.47 Å². The van der Waals surface area contributed by atoms with E-state index in [9.17, 15) is 9.59 Å². The Morgan fingerprint density at radius 2 is 1.63 bits per heavy atom. The number of esters is 2. The van der Waals surface area contributed by atoms with Crippen LogP contribution in [0.15, 0.2) is 35.3 Å². The maximum Gasteiger partial charge on any atom is 0.342 e. The molecule has 0 atom stereocenters. The van der Waals surface area contributed by atoms with Crippen LogP contribution in [0, 0.1) is 0 Å². The summed E-state index contributed by atoms with van der Waals surface area (Å²) in [4.78, 5) is 27.2. The topological polar surface area (TPSA) is 65.0 Å². The SMILES string of the molecule is CCOC(=O)C(N=Cc1ccccc1)C(=O)OCC. The minimum atomic E-state index is -1.26. The highest BCUT2D eigenvalue weighted by Crippen LogP contribution is 2.02. The molecule has 0 spiro atoms. The maximum absolute atomic E-state index is 11.6. The third kappa shape index (κ3) is 4.91. The number of carbonyl (C=O) groups is 2. The van der Waals surface area contributed by atoms with Crippen molar-refractivity contribution in [2.24, 2.45) is 4.99 Å². The minimum Gasteiger partial charge on any atom is -0.464 e. The molecule has 102 valence electrons. The van der Waals surface area contributed by atoms with E-state index in [1.807, 2.05) is 30.3 Å². The van der Waals surface area contributed by atoms with Crippen LogP contribution in [0.2, 0.25) is 0 Å². The van der Waals surface area contributed by atoms with Crippen molar-refractivity contribution in [2.75, 3.05) is 13.2 Å². The van der Waals surface area contributed by atoms with E-state index in [2.05, 4.69) is 4.99 Å². The standard InChI is InChI=1S/C14H17NO4/c1-3-18-13(16)12(14(17)19-4-2)15-10-11-8-6-5-7-9-11/h5-10,12H,3-4H2,1-2H3. The van der Waals surface area contributed by atoms with Crippen molar-refractivity contribution in [3.05, 3.63) is 35.9 Å². The van der Waals surface area contributed by atoms with Crippen LogP contribution in [0.1, 0.15) is 19.4 Å². The first-order chi connectivity index (χ1) is 9.19. The predicted octanol–water partition coefficient (Wildman–Crippen LogP) is 1.60. The molecular weight excluding hydrogens is 246 g/mol. The van der Waals surface area contributed by atoms with Crippen molar-refractivity contribution in [3.8, 4) is 0 Å². The normalized spacial score (nSPS) is 10.7. The van der Waals surface area contributed by atoms with Gasteiger partial charge >= 0.3 is 11.9 Å². The summed E-state index contributed by atoms with van der Waals surface area (Å²) in [6, 6.07) is 7.91. The van der Waals surface area contributed by atoms with E-state index in [0.717, 1.165) is 5.56 Å². The van der Waals surface area contributed by atoms with Gasteiger partial charge in [-0.1, -0.05) is 30.3 Å². The second-order valence-electron chi connectivity index (χ2n) is 3.60. The van der Waals surface area contributed by atoms with Gasteiger partial charge in [0.25, 0.3) is 0 Å². The zero-order valence-corrected chi connectivity index (χ0v) is 11.0. The van der Waals surface area contributed by atoms with Crippen LogP contribution in [0.4, 0.5) is 0 Å². The smallest absolute Gasteiger partial charge is 0.342 e. The molecular formula is C14H17NO4. The molecule has 19 heavy (non-hydrogen) atoms. The molecule has 0 saturated carbocycles. The van der Waals surface area contributed by atoms with E-state index < -0.39 is 18.0 Å². The summed E-state index contributed by atoms with van der Waals surface area (Å²) < 4.78 is 9.61. The van der Waals surface area contributed by atoms with Crippen molar-refractivity contribution in [1.82, 2.24) is 0 Å². The Morgan fingerprint density at radius 1 is 1.11 bits per heavy atom. The first kappa shape index (κ1) is 14.9. The van der Waals surface area contributed by atoms with Crippen LogP contribution < -0.4 is 0 Å². The van der Waals surface area contributed by atoms with E-state index >= 15 is 0 Å². The zero-order valence-electron chi connectivity index (χ0n) is 11.0. The van der Waals surface area contributed by atoms with Crippen LogP contribution in [-0.2, 0) is 19.1 Å². The molecule has 1 rings (SSSR count). The molecule has 5 nitrogen and oxygen atoms in total. The van der Waals surface area contributed by atoms with E-state index in [1.165, 1.54) is 6.21 Å². The van der Waals surface area contributed by atoms with Crippen LogP contribution in [0.25, 0.3) is 0 Å². The lowest BCUT2D eigenvalue weighted by atomic mass is 10.2. The molecule has 0 saturated heterocycles. The van der Waals surface area contributed by atoms with E-state index in [-0.39, 0.29) is 13.2 Å². The summed E-state index contributed by atoms with van der Waals surface area (Å²) in [7, 11) is 0. The summed E-state index contributed by atoms with van der Waals surface area (Å²) in [6.45, 7) is 3.72. The Balaban J connectivity index is 2.82. The van der Waals surface area contributed by atoms with Crippen molar-refractivity contribution < 1.29 is 19.1 Å². The van der Waals surface area contributed by atoms with Gasteiger partial charge in [-0.3, -0.25) is 4.99 Å². The fraction of sp³-hybridized carbons (Fsp3) is 0.357. The molecule has 0 unspecified atom stereocenters. The molecule has 0 heterocycles. The fourth-order valence-corrected chi connectivity index (χ4v) is 1.36. The van der Waals surface area contributed by atoms with Gasteiger partial charge in [-0.2, -0.15) is 0 Å². The second kappa shape index (κ2) is 8.02. The van der Waals surface area contributed by atoms with Crippen LogP contribution in [-0.4, -0.2) is 37.4 Å². The van der Waals surface area contributed by atoms with Crippen LogP contribution in [0.5, 0.6) is 0 Å². The lowest BCUT2D eigenvalue weighted by molar-refractivity contribution is -0.156. The first-order valence-electron chi connectivity index (χ1n) is 6.10. The second-order valence-corrected chi connectivity index (χ2v) is 3.60. The number of nitrogens with zero attached hydrogens (tertiary/aromatic N) is 1. The average molecular weight is 263 g/mol. The summed E-state index contributed by atoms with van der Waals surface area (Å²) in [5.74, 6) is -1.40. The molecule has 0 aliphatic carbocycles. The number of hydrogen-bond acceptors (Lipinski definition) is 5. The van der Waals surface area contributed by atoms with Gasteiger partial charge in [-0.15, -0.1) is 0 Å². The van der Waals surface area contributed by atoms with Crippen molar-refractivity contribution in [1.29, 1.82) is 0 Å². The Morgan fingerprint density at radius 3 is 2.11 bits per heavy atom. The molecule has 0 aliphatic rings. The molecule has 0 N–H and O–H groups in total. The average Bonchev–Trinajstić information content (AvgIpc) is 2.41. The van der Waals surface area contributed by atoms with E-state index in [1.54, 1.807) is 13.8 Å². The number of carbonyl (C=O) groups excluding carboxylic acids is 2. The first-order valence-corrected chi connectivity index (χ1v) is 6.10. The van der Waals surface area contributed by atoms with Gasteiger partial charge in [0.2, 0.25) is 6.04 Å². The van der Waals surface area contributed by atoms with Gasteiger partial charge in [0, 0.05) is 6.21 Å². The number of benzene rings is 1. The molecule has 0 bridgehead atoms. The molecule has 0 radical (unpaired) electrons. The molecule has 0 aliphatic heterocycles. The summed E-state index contributed by atoms with van der Waals surface area (Å²) in [5.41, 5.74) is 0.793.